The molecule has 0 aromatic heterocycles. The highest BCUT2D eigenvalue weighted by molar-refractivity contribution is 9.10. The van der Waals surface area contributed by atoms with Gasteiger partial charge in [-0.3, -0.25) is 0 Å². The molecule has 1 fully saturated rings. The number of rotatable bonds is 2. The molecule has 1 aromatic carbocycles. The van der Waals surface area contributed by atoms with E-state index in [1.807, 2.05) is 12.1 Å². The van der Waals surface area contributed by atoms with Crippen molar-refractivity contribution in [3.05, 3.63) is 33.8 Å². The number of hydrogen-bond donors (Lipinski definition) is 2. The summed E-state index contributed by atoms with van der Waals surface area (Å²) in [5, 5.41) is 19.2. The minimum Gasteiger partial charge on any atom is -0.392 e. The van der Waals surface area contributed by atoms with Gasteiger partial charge in [0.2, 0.25) is 0 Å². The van der Waals surface area contributed by atoms with Gasteiger partial charge in [0.05, 0.1) is 19.8 Å². The minimum absolute atomic E-state index is 0.0646. The zero-order valence-corrected chi connectivity index (χ0v) is 9.12. The summed E-state index contributed by atoms with van der Waals surface area (Å²) in [6.45, 7) is 0.540. The molecule has 14 heavy (non-hydrogen) atoms. The Morgan fingerprint density at radius 2 is 2.14 bits per heavy atom. The SMILES string of the molecule is OCc1ccc(Br)cc1C1(O)COC1. The highest BCUT2D eigenvalue weighted by Crippen LogP contribution is 2.33. The van der Waals surface area contributed by atoms with Crippen LogP contribution in [0.2, 0.25) is 0 Å². The largest absolute Gasteiger partial charge is 0.392 e. The summed E-state index contributed by atoms with van der Waals surface area (Å²) < 4.78 is 5.88. The number of aliphatic hydroxyl groups excluding tert-OH is 1. The molecular weight excluding hydrogens is 248 g/mol. The molecule has 0 unspecified atom stereocenters. The fraction of sp³-hybridized carbons (Fsp3) is 0.400. The lowest BCUT2D eigenvalue weighted by molar-refractivity contribution is -0.185. The standard InChI is InChI=1S/C10H11BrO3/c11-8-2-1-7(4-12)9(3-8)10(13)5-14-6-10/h1-3,12-13H,4-6H2. The summed E-state index contributed by atoms with van der Waals surface area (Å²) in [5.74, 6) is 0. The molecule has 1 aliphatic heterocycles. The lowest BCUT2D eigenvalue weighted by Gasteiger charge is -2.38. The van der Waals surface area contributed by atoms with E-state index in [1.54, 1.807) is 6.07 Å². The van der Waals surface area contributed by atoms with Crippen LogP contribution in [0.5, 0.6) is 0 Å². The van der Waals surface area contributed by atoms with Crippen LogP contribution in [0.1, 0.15) is 11.1 Å². The molecule has 0 atom stereocenters. The van der Waals surface area contributed by atoms with Gasteiger partial charge in [-0.05, 0) is 23.3 Å². The van der Waals surface area contributed by atoms with Crippen LogP contribution in [-0.2, 0) is 16.9 Å². The zero-order valence-electron chi connectivity index (χ0n) is 7.53. The average molecular weight is 259 g/mol. The smallest absolute Gasteiger partial charge is 0.136 e. The maximum Gasteiger partial charge on any atom is 0.136 e. The number of halogens is 1. The lowest BCUT2D eigenvalue weighted by Crippen LogP contribution is -2.47. The third kappa shape index (κ3) is 1.59. The molecule has 1 heterocycles. The van der Waals surface area contributed by atoms with Gasteiger partial charge in [-0.2, -0.15) is 0 Å². The van der Waals surface area contributed by atoms with Crippen molar-refractivity contribution in [2.75, 3.05) is 13.2 Å². The predicted molar refractivity (Wildman–Crippen MR) is 54.8 cm³/mol. The molecule has 0 amide bonds. The fourth-order valence-electron chi connectivity index (χ4n) is 1.57. The third-order valence-corrected chi connectivity index (χ3v) is 2.92. The van der Waals surface area contributed by atoms with Crippen LogP contribution in [-0.4, -0.2) is 23.4 Å². The third-order valence-electron chi connectivity index (χ3n) is 2.43. The monoisotopic (exact) mass is 258 g/mol. The van der Waals surface area contributed by atoms with Gasteiger partial charge in [-0.1, -0.05) is 22.0 Å². The van der Waals surface area contributed by atoms with Crippen LogP contribution in [0.25, 0.3) is 0 Å². The van der Waals surface area contributed by atoms with Gasteiger partial charge in [0.15, 0.2) is 0 Å². The molecule has 0 spiro atoms. The number of hydrogen-bond acceptors (Lipinski definition) is 3. The molecule has 1 aliphatic rings. The number of ether oxygens (including phenoxy) is 1. The Labute approximate surface area is 90.5 Å². The first-order chi connectivity index (χ1) is 6.65. The van der Waals surface area contributed by atoms with E-state index in [2.05, 4.69) is 15.9 Å². The maximum atomic E-state index is 10.1. The van der Waals surface area contributed by atoms with Crippen LogP contribution in [0, 0.1) is 0 Å². The van der Waals surface area contributed by atoms with Crippen LogP contribution >= 0.6 is 15.9 Å². The molecule has 0 bridgehead atoms. The van der Waals surface area contributed by atoms with E-state index >= 15 is 0 Å². The van der Waals surface area contributed by atoms with E-state index in [0.717, 1.165) is 15.6 Å². The van der Waals surface area contributed by atoms with Crippen LogP contribution < -0.4 is 0 Å². The maximum absolute atomic E-state index is 10.1. The van der Waals surface area contributed by atoms with Gasteiger partial charge >= 0.3 is 0 Å². The summed E-state index contributed by atoms with van der Waals surface area (Å²) in [5.41, 5.74) is 0.585. The van der Waals surface area contributed by atoms with Crippen molar-refractivity contribution >= 4 is 15.9 Å². The van der Waals surface area contributed by atoms with Crippen molar-refractivity contribution in [1.82, 2.24) is 0 Å². The lowest BCUT2D eigenvalue weighted by atomic mass is 9.88. The molecule has 4 heteroatoms. The van der Waals surface area contributed by atoms with Gasteiger partial charge in [-0.15, -0.1) is 0 Å². The van der Waals surface area contributed by atoms with E-state index in [4.69, 9.17) is 9.84 Å². The Balaban J connectivity index is 2.43. The molecule has 1 aromatic rings. The van der Waals surface area contributed by atoms with Crippen LogP contribution in [0.15, 0.2) is 22.7 Å². The Bertz CT molecular complexity index is 347. The van der Waals surface area contributed by atoms with Gasteiger partial charge in [0, 0.05) is 4.47 Å². The van der Waals surface area contributed by atoms with Gasteiger partial charge in [-0.25, -0.2) is 0 Å². The van der Waals surface area contributed by atoms with E-state index in [-0.39, 0.29) is 6.61 Å². The topological polar surface area (TPSA) is 49.7 Å². The summed E-state index contributed by atoms with van der Waals surface area (Å²) in [6, 6.07) is 5.47. The Morgan fingerprint density at radius 3 is 2.64 bits per heavy atom. The highest BCUT2D eigenvalue weighted by atomic mass is 79.9. The van der Waals surface area contributed by atoms with Crippen molar-refractivity contribution in [1.29, 1.82) is 0 Å². The van der Waals surface area contributed by atoms with Crippen molar-refractivity contribution in [3.8, 4) is 0 Å². The van der Waals surface area contributed by atoms with Crippen molar-refractivity contribution in [2.45, 2.75) is 12.2 Å². The number of aliphatic hydroxyl groups is 2. The second kappa shape index (κ2) is 3.62. The predicted octanol–water partition coefficient (Wildman–Crippen LogP) is 1.16. The van der Waals surface area contributed by atoms with Crippen molar-refractivity contribution in [3.63, 3.8) is 0 Å². The van der Waals surface area contributed by atoms with E-state index in [1.165, 1.54) is 0 Å². The Morgan fingerprint density at radius 1 is 1.43 bits per heavy atom. The average Bonchev–Trinajstić information content (AvgIpc) is 2.14. The molecule has 0 aliphatic carbocycles. The molecule has 1 saturated heterocycles. The fourth-order valence-corrected chi connectivity index (χ4v) is 1.93. The quantitative estimate of drug-likeness (QED) is 0.837. The second-order valence-electron chi connectivity index (χ2n) is 3.48. The van der Waals surface area contributed by atoms with Crippen LogP contribution in [0.3, 0.4) is 0 Å². The second-order valence-corrected chi connectivity index (χ2v) is 4.40. The van der Waals surface area contributed by atoms with Gasteiger partial charge in [0.25, 0.3) is 0 Å². The first kappa shape index (κ1) is 10.1. The summed E-state index contributed by atoms with van der Waals surface area (Å²) in [4.78, 5) is 0. The summed E-state index contributed by atoms with van der Waals surface area (Å²) in [7, 11) is 0. The first-order valence-electron chi connectivity index (χ1n) is 4.35. The van der Waals surface area contributed by atoms with Crippen molar-refractivity contribution < 1.29 is 14.9 Å². The Kier molecular flexibility index (Phi) is 2.62. The van der Waals surface area contributed by atoms with Gasteiger partial charge in [0.1, 0.15) is 5.60 Å². The van der Waals surface area contributed by atoms with Crippen LogP contribution in [0.4, 0.5) is 0 Å². The zero-order chi connectivity index (χ0) is 10.2. The minimum atomic E-state index is -0.915. The molecular formula is C10H11BrO3. The van der Waals surface area contributed by atoms with Gasteiger partial charge < -0.3 is 14.9 Å². The molecule has 0 radical (unpaired) electrons. The Hall–Kier alpha value is -0.420. The normalized spacial score (nSPS) is 19.1. The summed E-state index contributed by atoms with van der Waals surface area (Å²) in [6.07, 6.45) is 0. The van der Waals surface area contributed by atoms with Crippen molar-refractivity contribution in [2.24, 2.45) is 0 Å². The molecule has 0 saturated carbocycles. The molecule has 2 N–H and O–H groups in total. The van der Waals surface area contributed by atoms with E-state index in [9.17, 15) is 5.11 Å². The number of benzene rings is 1. The van der Waals surface area contributed by atoms with E-state index in [0.29, 0.717) is 13.2 Å². The molecule has 76 valence electrons. The highest BCUT2D eigenvalue weighted by Gasteiger charge is 2.39. The summed E-state index contributed by atoms with van der Waals surface area (Å²) >= 11 is 3.34. The molecule has 2 rings (SSSR count). The molecule has 3 nitrogen and oxygen atoms in total. The first-order valence-corrected chi connectivity index (χ1v) is 5.15. The van der Waals surface area contributed by atoms with E-state index < -0.39 is 5.60 Å².